The largest absolute Gasteiger partial charge is 0.488 e. The van der Waals surface area contributed by atoms with Crippen LogP contribution >= 0.6 is 11.6 Å². The SMILES string of the molecule is C/C(=N/O)c1cc(F)ccc1OCc1cccc(Cl)c1F. The van der Waals surface area contributed by atoms with E-state index in [0.717, 1.165) is 0 Å². The third kappa shape index (κ3) is 3.49. The van der Waals surface area contributed by atoms with Crippen LogP contribution in [0.5, 0.6) is 5.75 Å². The summed E-state index contributed by atoms with van der Waals surface area (Å²) in [5.74, 6) is -0.768. The van der Waals surface area contributed by atoms with E-state index < -0.39 is 11.6 Å². The van der Waals surface area contributed by atoms with Gasteiger partial charge in [-0.15, -0.1) is 0 Å². The molecule has 0 heterocycles. The molecule has 3 nitrogen and oxygen atoms in total. The van der Waals surface area contributed by atoms with Crippen molar-refractivity contribution in [3.8, 4) is 5.75 Å². The Balaban J connectivity index is 2.26. The molecule has 0 aliphatic carbocycles. The zero-order chi connectivity index (χ0) is 15.4. The summed E-state index contributed by atoms with van der Waals surface area (Å²) in [5, 5.41) is 11.8. The summed E-state index contributed by atoms with van der Waals surface area (Å²) in [6, 6.07) is 8.36. The Labute approximate surface area is 125 Å². The first-order chi connectivity index (χ1) is 10.0. The van der Waals surface area contributed by atoms with Gasteiger partial charge in [-0.3, -0.25) is 0 Å². The molecule has 0 unspecified atom stereocenters. The van der Waals surface area contributed by atoms with Crippen LogP contribution in [0.3, 0.4) is 0 Å². The number of nitrogens with zero attached hydrogens (tertiary/aromatic N) is 1. The van der Waals surface area contributed by atoms with Crippen LogP contribution in [0.25, 0.3) is 0 Å². The first-order valence-electron chi connectivity index (χ1n) is 6.07. The normalized spacial score (nSPS) is 11.5. The van der Waals surface area contributed by atoms with Crippen molar-refractivity contribution in [3.63, 3.8) is 0 Å². The molecule has 110 valence electrons. The molecule has 0 saturated carbocycles. The van der Waals surface area contributed by atoms with Crippen molar-refractivity contribution in [3.05, 3.63) is 64.2 Å². The second kappa shape index (κ2) is 6.54. The molecule has 0 bridgehead atoms. The van der Waals surface area contributed by atoms with Crippen LogP contribution in [0.15, 0.2) is 41.6 Å². The highest BCUT2D eigenvalue weighted by Crippen LogP contribution is 2.24. The lowest BCUT2D eigenvalue weighted by molar-refractivity contribution is 0.297. The maximum Gasteiger partial charge on any atom is 0.148 e. The molecule has 0 atom stereocenters. The Morgan fingerprint density at radius 1 is 1.29 bits per heavy atom. The molecule has 0 fully saturated rings. The van der Waals surface area contributed by atoms with E-state index in [1.165, 1.54) is 37.3 Å². The van der Waals surface area contributed by atoms with Crippen LogP contribution in [-0.2, 0) is 6.61 Å². The molecule has 0 amide bonds. The van der Waals surface area contributed by atoms with Gasteiger partial charge < -0.3 is 9.94 Å². The van der Waals surface area contributed by atoms with Gasteiger partial charge in [-0.1, -0.05) is 28.9 Å². The fourth-order valence-electron chi connectivity index (χ4n) is 1.78. The third-order valence-electron chi connectivity index (χ3n) is 2.90. The van der Waals surface area contributed by atoms with Crippen LogP contribution in [0.1, 0.15) is 18.1 Å². The Bertz CT molecular complexity index is 689. The van der Waals surface area contributed by atoms with Crippen molar-refractivity contribution in [1.82, 2.24) is 0 Å². The highest BCUT2D eigenvalue weighted by molar-refractivity contribution is 6.30. The van der Waals surface area contributed by atoms with Crippen molar-refractivity contribution >= 4 is 17.3 Å². The standard InChI is InChI=1S/C15H12ClF2NO2/c1-9(19-20)12-7-11(17)5-6-14(12)21-8-10-3-2-4-13(16)15(10)18/h2-7,20H,8H2,1H3/b19-9-. The molecule has 0 radical (unpaired) electrons. The summed E-state index contributed by atoms with van der Waals surface area (Å²) >= 11 is 5.69. The van der Waals surface area contributed by atoms with Crippen molar-refractivity contribution in [2.75, 3.05) is 0 Å². The predicted octanol–water partition coefficient (Wildman–Crippen LogP) is 4.40. The molecular weight excluding hydrogens is 300 g/mol. The Morgan fingerprint density at radius 2 is 2.05 bits per heavy atom. The van der Waals surface area contributed by atoms with Crippen molar-refractivity contribution in [2.45, 2.75) is 13.5 Å². The lowest BCUT2D eigenvalue weighted by Gasteiger charge is -2.12. The second-order valence-electron chi connectivity index (χ2n) is 4.33. The van der Waals surface area contributed by atoms with Crippen molar-refractivity contribution in [2.24, 2.45) is 5.16 Å². The Morgan fingerprint density at radius 3 is 2.76 bits per heavy atom. The summed E-state index contributed by atoms with van der Waals surface area (Å²) in [6.45, 7) is 1.42. The molecule has 0 saturated heterocycles. The lowest BCUT2D eigenvalue weighted by Crippen LogP contribution is -2.04. The van der Waals surface area contributed by atoms with Crippen LogP contribution in [0.4, 0.5) is 8.78 Å². The van der Waals surface area contributed by atoms with E-state index in [4.69, 9.17) is 21.5 Å². The predicted molar refractivity (Wildman–Crippen MR) is 76.1 cm³/mol. The van der Waals surface area contributed by atoms with Gasteiger partial charge in [-0.25, -0.2) is 8.78 Å². The monoisotopic (exact) mass is 311 g/mol. The average Bonchev–Trinajstić information content (AvgIpc) is 2.49. The Kier molecular flexibility index (Phi) is 4.75. The number of oxime groups is 1. The summed E-state index contributed by atoms with van der Waals surface area (Å²) in [4.78, 5) is 0. The Hall–Kier alpha value is -2.14. The number of ether oxygens (including phenoxy) is 1. The van der Waals surface area contributed by atoms with Gasteiger partial charge in [0.2, 0.25) is 0 Å². The van der Waals surface area contributed by atoms with E-state index in [0.29, 0.717) is 5.56 Å². The van der Waals surface area contributed by atoms with Crippen LogP contribution < -0.4 is 4.74 Å². The molecule has 2 aromatic rings. The average molecular weight is 312 g/mol. The fourth-order valence-corrected chi connectivity index (χ4v) is 1.97. The lowest BCUT2D eigenvalue weighted by atomic mass is 10.1. The highest BCUT2D eigenvalue weighted by Gasteiger charge is 2.11. The number of hydrogen-bond donors (Lipinski definition) is 1. The summed E-state index contributed by atoms with van der Waals surface area (Å²) < 4.78 is 32.5. The second-order valence-corrected chi connectivity index (χ2v) is 4.73. The quantitative estimate of drug-likeness (QED) is 0.517. The number of halogens is 3. The van der Waals surface area contributed by atoms with Gasteiger partial charge >= 0.3 is 0 Å². The van der Waals surface area contributed by atoms with Gasteiger partial charge in [-0.2, -0.15) is 0 Å². The molecule has 0 aliphatic heterocycles. The molecule has 2 aromatic carbocycles. The molecule has 6 heteroatoms. The summed E-state index contributed by atoms with van der Waals surface area (Å²) in [5.41, 5.74) is 0.757. The topological polar surface area (TPSA) is 41.8 Å². The van der Waals surface area contributed by atoms with Gasteiger partial charge in [0.1, 0.15) is 24.0 Å². The van der Waals surface area contributed by atoms with E-state index in [2.05, 4.69) is 5.16 Å². The molecule has 0 aliphatic rings. The molecule has 0 aromatic heterocycles. The van der Waals surface area contributed by atoms with Crippen LogP contribution in [-0.4, -0.2) is 10.9 Å². The van der Waals surface area contributed by atoms with Gasteiger partial charge in [0, 0.05) is 11.1 Å². The number of rotatable bonds is 4. The van der Waals surface area contributed by atoms with Crippen LogP contribution in [0.2, 0.25) is 5.02 Å². The van der Waals surface area contributed by atoms with E-state index in [1.807, 2.05) is 0 Å². The summed E-state index contributed by atoms with van der Waals surface area (Å²) in [7, 11) is 0. The van der Waals surface area contributed by atoms with E-state index in [1.54, 1.807) is 6.07 Å². The minimum Gasteiger partial charge on any atom is -0.488 e. The van der Waals surface area contributed by atoms with E-state index in [9.17, 15) is 8.78 Å². The van der Waals surface area contributed by atoms with Gasteiger partial charge in [0.05, 0.1) is 10.7 Å². The summed E-state index contributed by atoms with van der Waals surface area (Å²) in [6.07, 6.45) is 0. The van der Waals surface area contributed by atoms with Crippen molar-refractivity contribution < 1.29 is 18.7 Å². The van der Waals surface area contributed by atoms with Gasteiger partial charge in [0.15, 0.2) is 0 Å². The number of benzene rings is 2. The minimum absolute atomic E-state index is 0.00327. The maximum atomic E-state index is 13.8. The van der Waals surface area contributed by atoms with Gasteiger partial charge in [0.25, 0.3) is 0 Å². The molecule has 2 rings (SSSR count). The number of hydrogen-bond acceptors (Lipinski definition) is 3. The molecular formula is C15H12ClF2NO2. The maximum absolute atomic E-state index is 13.8. The zero-order valence-electron chi connectivity index (χ0n) is 11.1. The zero-order valence-corrected chi connectivity index (χ0v) is 11.9. The minimum atomic E-state index is -0.560. The highest BCUT2D eigenvalue weighted by atomic mass is 35.5. The first kappa shape index (κ1) is 15.3. The van der Waals surface area contributed by atoms with E-state index in [-0.39, 0.29) is 28.7 Å². The molecule has 1 N–H and O–H groups in total. The van der Waals surface area contributed by atoms with Crippen LogP contribution in [0, 0.1) is 11.6 Å². The first-order valence-corrected chi connectivity index (χ1v) is 6.45. The fraction of sp³-hybridized carbons (Fsp3) is 0.133. The molecule has 21 heavy (non-hydrogen) atoms. The van der Waals surface area contributed by atoms with Crippen molar-refractivity contribution in [1.29, 1.82) is 0 Å². The van der Waals surface area contributed by atoms with E-state index >= 15 is 0 Å². The smallest absolute Gasteiger partial charge is 0.148 e. The van der Waals surface area contributed by atoms with Gasteiger partial charge in [-0.05, 0) is 31.2 Å². The molecule has 0 spiro atoms. The third-order valence-corrected chi connectivity index (χ3v) is 3.19.